The molecule has 0 radical (unpaired) electrons. The van der Waals surface area contributed by atoms with Gasteiger partial charge in [0.15, 0.2) is 6.20 Å². The van der Waals surface area contributed by atoms with Gasteiger partial charge in [0.1, 0.15) is 12.9 Å². The Morgan fingerprint density at radius 3 is 2.47 bits per heavy atom. The summed E-state index contributed by atoms with van der Waals surface area (Å²) in [5.41, 5.74) is 11.6. The highest BCUT2D eigenvalue weighted by atomic mass is 15.1. The van der Waals surface area contributed by atoms with Gasteiger partial charge in [-0.15, -0.1) is 0 Å². The van der Waals surface area contributed by atoms with Crippen LogP contribution in [0.4, 0.5) is 0 Å². The van der Waals surface area contributed by atoms with Gasteiger partial charge in [-0.05, 0) is 55.0 Å². The first kappa shape index (κ1) is 17.4. The summed E-state index contributed by atoms with van der Waals surface area (Å²) in [4.78, 5) is 4.99. The van der Waals surface area contributed by atoms with Crippen LogP contribution in [0.1, 0.15) is 28.1 Å². The average Bonchev–Trinajstić information content (AvgIpc) is 3.28. The summed E-state index contributed by atoms with van der Waals surface area (Å²) in [6.07, 6.45) is 3.10. The second-order valence-electron chi connectivity index (χ2n) is 8.54. The first-order valence-electron chi connectivity index (χ1n) is 10.5. The van der Waals surface area contributed by atoms with E-state index in [9.17, 15) is 0 Å². The second-order valence-corrected chi connectivity index (χ2v) is 8.54. The summed E-state index contributed by atoms with van der Waals surface area (Å²) in [5, 5.41) is 2.62. The van der Waals surface area contributed by atoms with Crippen LogP contribution in [-0.4, -0.2) is 9.55 Å². The summed E-state index contributed by atoms with van der Waals surface area (Å²) in [7, 11) is 2.16. The predicted octanol–water partition coefficient (Wildman–Crippen LogP) is 5.50. The molecule has 0 saturated carbocycles. The van der Waals surface area contributed by atoms with Crippen LogP contribution in [0.2, 0.25) is 0 Å². The molecule has 6 rings (SSSR count). The standard InChI is InChI=1S/C27H24N3/c1-16-13-24(29(4)15-17(16)2)26-18(3)19-9-5-6-10-20(19)27-21(26)14-25-28-22-11-7-8-12-23(22)30(25)27/h5-13,15H,14H2,1-4H3/q+1. The van der Waals surface area contributed by atoms with E-state index in [1.54, 1.807) is 0 Å². The van der Waals surface area contributed by atoms with Crippen molar-refractivity contribution in [1.82, 2.24) is 9.55 Å². The highest BCUT2D eigenvalue weighted by Crippen LogP contribution is 2.44. The molecular formula is C27H24N3+. The number of pyridine rings is 1. The number of nitrogens with zero attached hydrogens (tertiary/aromatic N) is 3. The number of hydrogen-bond acceptors (Lipinski definition) is 1. The number of fused-ring (bicyclic) bond motifs is 7. The van der Waals surface area contributed by atoms with Crippen molar-refractivity contribution in [3.05, 3.63) is 88.9 Å². The fourth-order valence-electron chi connectivity index (χ4n) is 5.17. The Hall–Kier alpha value is -3.46. The van der Waals surface area contributed by atoms with E-state index in [1.807, 2.05) is 0 Å². The lowest BCUT2D eigenvalue weighted by Gasteiger charge is -2.17. The van der Waals surface area contributed by atoms with E-state index in [-0.39, 0.29) is 0 Å². The minimum absolute atomic E-state index is 0.859. The lowest BCUT2D eigenvalue weighted by molar-refractivity contribution is -0.660. The van der Waals surface area contributed by atoms with E-state index in [0.29, 0.717) is 0 Å². The molecule has 146 valence electrons. The minimum atomic E-state index is 0.859. The molecule has 3 heteroatoms. The Morgan fingerprint density at radius 2 is 1.63 bits per heavy atom. The Kier molecular flexibility index (Phi) is 3.49. The van der Waals surface area contributed by atoms with Gasteiger partial charge in [0.2, 0.25) is 5.69 Å². The van der Waals surface area contributed by atoms with Crippen LogP contribution >= 0.6 is 0 Å². The van der Waals surface area contributed by atoms with Crippen LogP contribution in [0.3, 0.4) is 0 Å². The Bertz CT molecular complexity index is 1500. The molecular weight excluding hydrogens is 366 g/mol. The molecule has 3 nitrogen and oxygen atoms in total. The highest BCUT2D eigenvalue weighted by molar-refractivity contribution is 6.02. The van der Waals surface area contributed by atoms with Crippen molar-refractivity contribution in [3.63, 3.8) is 0 Å². The van der Waals surface area contributed by atoms with Crippen molar-refractivity contribution < 1.29 is 4.57 Å². The van der Waals surface area contributed by atoms with Gasteiger partial charge in [0.25, 0.3) is 0 Å². The van der Waals surface area contributed by atoms with Gasteiger partial charge in [-0.25, -0.2) is 9.55 Å². The third-order valence-corrected chi connectivity index (χ3v) is 6.74. The average molecular weight is 391 g/mol. The maximum Gasteiger partial charge on any atom is 0.213 e. The maximum atomic E-state index is 4.99. The molecule has 0 bridgehead atoms. The summed E-state index contributed by atoms with van der Waals surface area (Å²) in [6.45, 7) is 6.65. The van der Waals surface area contributed by atoms with E-state index >= 15 is 0 Å². The zero-order valence-corrected chi connectivity index (χ0v) is 17.8. The molecule has 0 aliphatic carbocycles. The lowest BCUT2D eigenvalue weighted by atomic mass is 9.89. The molecule has 5 aromatic rings. The summed E-state index contributed by atoms with van der Waals surface area (Å²) >= 11 is 0. The molecule has 0 fully saturated rings. The third-order valence-electron chi connectivity index (χ3n) is 6.74. The topological polar surface area (TPSA) is 21.7 Å². The summed E-state index contributed by atoms with van der Waals surface area (Å²) in [5.74, 6) is 1.13. The van der Waals surface area contributed by atoms with Gasteiger partial charge in [-0.3, -0.25) is 4.57 Å². The Balaban J connectivity index is 1.79. The van der Waals surface area contributed by atoms with E-state index < -0.39 is 0 Å². The van der Waals surface area contributed by atoms with Crippen LogP contribution in [-0.2, 0) is 13.5 Å². The van der Waals surface area contributed by atoms with Crippen molar-refractivity contribution >= 4 is 21.8 Å². The number of benzene rings is 3. The van der Waals surface area contributed by atoms with Gasteiger partial charge < -0.3 is 0 Å². The first-order valence-corrected chi connectivity index (χ1v) is 10.5. The van der Waals surface area contributed by atoms with Crippen LogP contribution in [0.5, 0.6) is 0 Å². The fourth-order valence-corrected chi connectivity index (χ4v) is 5.17. The molecule has 2 aromatic heterocycles. The molecule has 30 heavy (non-hydrogen) atoms. The van der Waals surface area contributed by atoms with E-state index in [2.05, 4.69) is 97.7 Å². The number of aromatic nitrogens is 3. The van der Waals surface area contributed by atoms with Crippen molar-refractivity contribution in [1.29, 1.82) is 0 Å². The number of imidazole rings is 1. The quantitative estimate of drug-likeness (QED) is 0.340. The van der Waals surface area contributed by atoms with Crippen LogP contribution in [0.25, 0.3) is 38.8 Å². The van der Waals surface area contributed by atoms with Crippen LogP contribution in [0.15, 0.2) is 60.8 Å². The van der Waals surface area contributed by atoms with E-state index in [4.69, 9.17) is 4.98 Å². The van der Waals surface area contributed by atoms with E-state index in [1.165, 1.54) is 55.5 Å². The molecule has 0 spiro atoms. The van der Waals surface area contributed by atoms with Crippen molar-refractivity contribution in [3.8, 4) is 16.9 Å². The molecule has 0 amide bonds. The molecule has 3 heterocycles. The van der Waals surface area contributed by atoms with Crippen LogP contribution in [0, 0.1) is 20.8 Å². The van der Waals surface area contributed by atoms with Crippen molar-refractivity contribution in [2.75, 3.05) is 0 Å². The zero-order chi connectivity index (χ0) is 20.6. The molecule has 0 N–H and O–H groups in total. The van der Waals surface area contributed by atoms with Crippen molar-refractivity contribution in [2.45, 2.75) is 27.2 Å². The number of hydrogen-bond donors (Lipinski definition) is 0. The molecule has 0 saturated heterocycles. The largest absolute Gasteiger partial charge is 0.295 e. The molecule has 0 atom stereocenters. The fraction of sp³-hybridized carbons (Fsp3) is 0.185. The highest BCUT2D eigenvalue weighted by Gasteiger charge is 2.31. The number of rotatable bonds is 1. The Labute approximate surface area is 176 Å². The second kappa shape index (κ2) is 6.02. The monoisotopic (exact) mass is 390 g/mol. The van der Waals surface area contributed by atoms with Gasteiger partial charge in [0, 0.05) is 23.4 Å². The first-order chi connectivity index (χ1) is 14.5. The maximum absolute atomic E-state index is 4.99. The van der Waals surface area contributed by atoms with Gasteiger partial charge in [-0.2, -0.15) is 0 Å². The third kappa shape index (κ3) is 2.20. The van der Waals surface area contributed by atoms with Crippen molar-refractivity contribution in [2.24, 2.45) is 7.05 Å². The normalized spacial score (nSPS) is 12.5. The number of aryl methyl sites for hydroxylation is 4. The molecule has 1 aliphatic heterocycles. The van der Waals surface area contributed by atoms with E-state index in [0.717, 1.165) is 17.8 Å². The lowest BCUT2D eigenvalue weighted by Crippen LogP contribution is -2.32. The molecule has 3 aromatic carbocycles. The van der Waals surface area contributed by atoms with Gasteiger partial charge in [-0.1, -0.05) is 36.4 Å². The smallest absolute Gasteiger partial charge is 0.213 e. The Morgan fingerprint density at radius 1 is 0.900 bits per heavy atom. The summed E-state index contributed by atoms with van der Waals surface area (Å²) < 4.78 is 4.66. The predicted molar refractivity (Wildman–Crippen MR) is 122 cm³/mol. The zero-order valence-electron chi connectivity index (χ0n) is 17.8. The number of para-hydroxylation sites is 2. The molecule has 0 unspecified atom stereocenters. The minimum Gasteiger partial charge on any atom is -0.295 e. The van der Waals surface area contributed by atoms with Crippen LogP contribution < -0.4 is 4.57 Å². The summed E-state index contributed by atoms with van der Waals surface area (Å²) in [6, 6.07) is 19.6. The van der Waals surface area contributed by atoms with Gasteiger partial charge in [0.05, 0.1) is 22.3 Å². The van der Waals surface area contributed by atoms with Gasteiger partial charge >= 0.3 is 0 Å². The SMILES string of the molecule is Cc1cc(-c2c3c(c4ccccc4c2C)-n2c(nc4ccccc42)C3)[n+](C)cc1C. The molecule has 1 aliphatic rings.